The van der Waals surface area contributed by atoms with Gasteiger partial charge in [-0.25, -0.2) is 9.78 Å². The van der Waals surface area contributed by atoms with Gasteiger partial charge in [0, 0.05) is 7.05 Å². The SMILES string of the molecule is CN(Cc1ncn[nH]1)C(=O)COCC(=O)O. The molecule has 1 amide bonds. The van der Waals surface area contributed by atoms with Gasteiger partial charge in [-0.05, 0) is 0 Å². The smallest absolute Gasteiger partial charge is 0.329 e. The van der Waals surface area contributed by atoms with Crippen molar-refractivity contribution < 1.29 is 19.4 Å². The number of hydrogen-bond donors (Lipinski definition) is 2. The number of ether oxygens (including phenoxy) is 1. The Bertz CT molecular complexity index is 351. The van der Waals surface area contributed by atoms with Crippen LogP contribution in [0.5, 0.6) is 0 Å². The van der Waals surface area contributed by atoms with Gasteiger partial charge in [-0.3, -0.25) is 9.89 Å². The van der Waals surface area contributed by atoms with Gasteiger partial charge in [0.1, 0.15) is 25.4 Å². The molecule has 0 unspecified atom stereocenters. The Labute approximate surface area is 91.2 Å². The first-order valence-corrected chi connectivity index (χ1v) is 4.47. The van der Waals surface area contributed by atoms with Crippen LogP contribution in [0.1, 0.15) is 5.82 Å². The fourth-order valence-corrected chi connectivity index (χ4v) is 0.956. The lowest BCUT2D eigenvalue weighted by atomic mass is 10.5. The maximum absolute atomic E-state index is 11.4. The van der Waals surface area contributed by atoms with Crippen molar-refractivity contribution in [2.45, 2.75) is 6.54 Å². The molecule has 0 spiro atoms. The number of carboxylic acids is 1. The van der Waals surface area contributed by atoms with Crippen molar-refractivity contribution in [2.75, 3.05) is 20.3 Å². The number of aromatic amines is 1. The van der Waals surface area contributed by atoms with Crippen LogP contribution in [0.2, 0.25) is 0 Å². The molecule has 0 fully saturated rings. The van der Waals surface area contributed by atoms with Crippen LogP contribution >= 0.6 is 0 Å². The zero-order chi connectivity index (χ0) is 12.0. The molecule has 0 radical (unpaired) electrons. The molecule has 2 N–H and O–H groups in total. The fourth-order valence-electron chi connectivity index (χ4n) is 0.956. The third-order valence-corrected chi connectivity index (χ3v) is 1.73. The molecule has 0 atom stereocenters. The molecule has 0 saturated heterocycles. The molecular weight excluding hydrogens is 216 g/mol. The summed E-state index contributed by atoms with van der Waals surface area (Å²) in [7, 11) is 1.56. The van der Waals surface area contributed by atoms with E-state index in [1.54, 1.807) is 7.05 Å². The maximum atomic E-state index is 11.4. The highest BCUT2D eigenvalue weighted by Crippen LogP contribution is 1.95. The van der Waals surface area contributed by atoms with E-state index < -0.39 is 12.6 Å². The van der Waals surface area contributed by atoms with Crippen LogP contribution in [-0.2, 0) is 20.9 Å². The Morgan fingerprint density at radius 3 is 2.88 bits per heavy atom. The van der Waals surface area contributed by atoms with Crippen LogP contribution in [-0.4, -0.2) is 57.3 Å². The van der Waals surface area contributed by atoms with Gasteiger partial charge in [-0.2, -0.15) is 5.10 Å². The second-order valence-corrected chi connectivity index (χ2v) is 3.07. The molecule has 1 aromatic heterocycles. The number of carboxylic acid groups (broad SMARTS) is 1. The second-order valence-electron chi connectivity index (χ2n) is 3.07. The summed E-state index contributed by atoms with van der Waals surface area (Å²) in [5, 5.41) is 14.5. The van der Waals surface area contributed by atoms with Gasteiger partial charge in [-0.15, -0.1) is 0 Å². The highest BCUT2D eigenvalue weighted by atomic mass is 16.5. The minimum Gasteiger partial charge on any atom is -0.480 e. The molecule has 0 saturated carbocycles. The molecule has 1 aromatic rings. The van der Waals surface area contributed by atoms with Crippen molar-refractivity contribution in [2.24, 2.45) is 0 Å². The van der Waals surface area contributed by atoms with Gasteiger partial charge in [0.15, 0.2) is 0 Å². The van der Waals surface area contributed by atoms with Crippen molar-refractivity contribution in [1.29, 1.82) is 0 Å². The monoisotopic (exact) mass is 228 g/mol. The summed E-state index contributed by atoms with van der Waals surface area (Å²) in [6, 6.07) is 0. The van der Waals surface area contributed by atoms with Crippen LogP contribution in [0.15, 0.2) is 6.33 Å². The first-order chi connectivity index (χ1) is 7.59. The Hall–Kier alpha value is -1.96. The Balaban J connectivity index is 2.28. The number of nitrogens with zero attached hydrogens (tertiary/aromatic N) is 3. The first kappa shape index (κ1) is 12.1. The predicted molar refractivity (Wildman–Crippen MR) is 51.3 cm³/mol. The maximum Gasteiger partial charge on any atom is 0.329 e. The predicted octanol–water partition coefficient (Wildman–Crippen LogP) is -1.14. The molecule has 0 aliphatic carbocycles. The third-order valence-electron chi connectivity index (χ3n) is 1.73. The lowest BCUT2D eigenvalue weighted by Crippen LogP contribution is -2.31. The number of carbonyl (C=O) groups is 2. The van der Waals surface area contributed by atoms with Crippen molar-refractivity contribution in [3.63, 3.8) is 0 Å². The number of likely N-dealkylation sites (N-methyl/N-ethyl adjacent to an activating group) is 1. The van der Waals surface area contributed by atoms with Gasteiger partial charge < -0.3 is 14.7 Å². The third kappa shape index (κ3) is 4.05. The number of amides is 1. The zero-order valence-electron chi connectivity index (χ0n) is 8.71. The van der Waals surface area contributed by atoms with Crippen molar-refractivity contribution in [3.05, 3.63) is 12.2 Å². The topological polar surface area (TPSA) is 108 Å². The Morgan fingerprint density at radius 2 is 2.31 bits per heavy atom. The average Bonchev–Trinajstić information content (AvgIpc) is 2.69. The molecular formula is C8H12N4O4. The standard InChI is InChI=1S/C8H12N4O4/c1-12(2-6-9-5-10-11-6)7(13)3-16-4-8(14)15/h5H,2-4H2,1H3,(H,14,15)(H,9,10,11). The lowest BCUT2D eigenvalue weighted by Gasteiger charge is -2.14. The normalized spacial score (nSPS) is 10.1. The number of nitrogens with one attached hydrogen (secondary N) is 1. The minimum atomic E-state index is -1.11. The van der Waals surface area contributed by atoms with E-state index in [4.69, 9.17) is 5.11 Å². The largest absolute Gasteiger partial charge is 0.480 e. The van der Waals surface area contributed by atoms with Crippen LogP contribution in [0.3, 0.4) is 0 Å². The van der Waals surface area contributed by atoms with E-state index in [9.17, 15) is 9.59 Å². The van der Waals surface area contributed by atoms with Gasteiger partial charge in [0.25, 0.3) is 0 Å². The van der Waals surface area contributed by atoms with Gasteiger partial charge in [-0.1, -0.05) is 0 Å². The summed E-state index contributed by atoms with van der Waals surface area (Å²) in [6.45, 7) is -0.478. The first-order valence-electron chi connectivity index (χ1n) is 4.47. The molecule has 8 heteroatoms. The minimum absolute atomic E-state index is 0.267. The van der Waals surface area contributed by atoms with Crippen LogP contribution in [0.25, 0.3) is 0 Å². The second kappa shape index (κ2) is 5.81. The average molecular weight is 228 g/mol. The summed E-state index contributed by atoms with van der Waals surface area (Å²) >= 11 is 0. The molecule has 8 nitrogen and oxygen atoms in total. The van der Waals surface area contributed by atoms with Gasteiger partial charge in [0.2, 0.25) is 5.91 Å². The summed E-state index contributed by atoms with van der Waals surface area (Å²) < 4.78 is 4.66. The summed E-state index contributed by atoms with van der Waals surface area (Å²) in [6.07, 6.45) is 1.34. The molecule has 88 valence electrons. The van der Waals surface area contributed by atoms with Gasteiger partial charge in [0.05, 0.1) is 6.54 Å². The summed E-state index contributed by atoms with van der Waals surface area (Å²) in [5.74, 6) is -0.877. The summed E-state index contributed by atoms with van der Waals surface area (Å²) in [4.78, 5) is 26.7. The molecule has 1 heterocycles. The number of rotatable bonds is 6. The molecule has 0 aliphatic heterocycles. The van der Waals surface area contributed by atoms with E-state index in [0.29, 0.717) is 5.82 Å². The molecule has 0 aliphatic rings. The quantitative estimate of drug-likeness (QED) is 0.637. The lowest BCUT2D eigenvalue weighted by molar-refractivity contribution is -0.145. The van der Waals surface area contributed by atoms with E-state index in [0.717, 1.165) is 0 Å². The molecule has 1 rings (SSSR count). The highest BCUT2D eigenvalue weighted by molar-refractivity contribution is 5.77. The zero-order valence-corrected chi connectivity index (χ0v) is 8.71. The van der Waals surface area contributed by atoms with Crippen molar-refractivity contribution in [3.8, 4) is 0 Å². The Morgan fingerprint density at radius 1 is 1.56 bits per heavy atom. The Kier molecular flexibility index (Phi) is 4.40. The van der Waals surface area contributed by atoms with Crippen LogP contribution in [0, 0.1) is 0 Å². The highest BCUT2D eigenvalue weighted by Gasteiger charge is 2.11. The molecule has 0 aromatic carbocycles. The van der Waals surface area contributed by atoms with Crippen molar-refractivity contribution >= 4 is 11.9 Å². The molecule has 16 heavy (non-hydrogen) atoms. The number of aromatic nitrogens is 3. The fraction of sp³-hybridized carbons (Fsp3) is 0.500. The van der Waals surface area contributed by atoms with Gasteiger partial charge >= 0.3 is 5.97 Å². The van der Waals surface area contributed by atoms with E-state index in [2.05, 4.69) is 19.9 Å². The van der Waals surface area contributed by atoms with Crippen molar-refractivity contribution in [1.82, 2.24) is 20.1 Å². The van der Waals surface area contributed by atoms with E-state index in [1.165, 1.54) is 11.2 Å². The number of H-pyrrole nitrogens is 1. The van der Waals surface area contributed by atoms with E-state index in [-0.39, 0.29) is 19.1 Å². The molecule has 0 bridgehead atoms. The number of hydrogen-bond acceptors (Lipinski definition) is 5. The number of carbonyl (C=O) groups excluding carboxylic acids is 1. The van der Waals surface area contributed by atoms with E-state index >= 15 is 0 Å². The van der Waals surface area contributed by atoms with Crippen LogP contribution in [0.4, 0.5) is 0 Å². The van der Waals surface area contributed by atoms with Crippen LogP contribution < -0.4 is 0 Å². The van der Waals surface area contributed by atoms with E-state index in [1.807, 2.05) is 0 Å². The summed E-state index contributed by atoms with van der Waals surface area (Å²) in [5.41, 5.74) is 0. The number of aliphatic carboxylic acids is 1.